The van der Waals surface area contributed by atoms with E-state index in [1.165, 1.54) is 6.07 Å². The number of rotatable bonds is 3. The minimum atomic E-state index is -1.75. The zero-order valence-electron chi connectivity index (χ0n) is 10.8. The van der Waals surface area contributed by atoms with Crippen molar-refractivity contribution in [3.63, 3.8) is 0 Å². The lowest BCUT2D eigenvalue weighted by atomic mass is 10.0. The molecule has 0 aliphatic rings. The molecule has 1 heterocycles. The number of pyridine rings is 1. The second-order valence-corrected chi connectivity index (χ2v) is 4.48. The Balaban J connectivity index is 2.42. The molecule has 0 fully saturated rings. The summed E-state index contributed by atoms with van der Waals surface area (Å²) in [5, 5.41) is 0. The second-order valence-electron chi connectivity index (χ2n) is 4.48. The highest BCUT2D eigenvalue weighted by atomic mass is 19.2. The predicted molar refractivity (Wildman–Crippen MR) is 64.7 cm³/mol. The van der Waals surface area contributed by atoms with E-state index < -0.39 is 29.3 Å². The van der Waals surface area contributed by atoms with E-state index >= 15 is 0 Å². The fourth-order valence-corrected chi connectivity index (χ4v) is 1.61. The molecular weight excluding hydrogens is 274 g/mol. The van der Waals surface area contributed by atoms with Gasteiger partial charge in [-0.25, -0.2) is 0 Å². The Bertz CT molecular complexity index is 617. The van der Waals surface area contributed by atoms with Crippen LogP contribution in [0.4, 0.5) is 17.6 Å². The minimum Gasteiger partial charge on any atom is -0.451 e. The highest BCUT2D eigenvalue weighted by Crippen LogP contribution is 2.30. The van der Waals surface area contributed by atoms with Gasteiger partial charge in [0.15, 0.2) is 0 Å². The van der Waals surface area contributed by atoms with Crippen LogP contribution in [-0.4, -0.2) is 4.98 Å². The van der Waals surface area contributed by atoms with Crippen molar-refractivity contribution in [1.29, 1.82) is 0 Å². The summed E-state index contributed by atoms with van der Waals surface area (Å²) in [6.45, 7) is 3.85. The molecule has 1 aromatic heterocycles. The van der Waals surface area contributed by atoms with Crippen molar-refractivity contribution >= 4 is 0 Å². The monoisotopic (exact) mass is 285 g/mol. The molecule has 6 heteroatoms. The second kappa shape index (κ2) is 5.48. The minimum absolute atomic E-state index is 0.0824. The molecule has 2 nitrogen and oxygen atoms in total. The Morgan fingerprint density at radius 3 is 2.15 bits per heavy atom. The first-order valence-electron chi connectivity index (χ1n) is 5.88. The molecule has 106 valence electrons. The van der Waals surface area contributed by atoms with Crippen molar-refractivity contribution in [2.24, 2.45) is 0 Å². The van der Waals surface area contributed by atoms with Crippen LogP contribution >= 0.6 is 0 Å². The van der Waals surface area contributed by atoms with Crippen LogP contribution in [0.3, 0.4) is 0 Å². The Morgan fingerprint density at radius 1 is 1.00 bits per heavy atom. The van der Waals surface area contributed by atoms with Crippen molar-refractivity contribution in [3.05, 3.63) is 53.4 Å². The van der Waals surface area contributed by atoms with Crippen molar-refractivity contribution in [2.75, 3.05) is 0 Å². The molecule has 0 saturated carbocycles. The maximum atomic E-state index is 13.4. The van der Waals surface area contributed by atoms with E-state index in [0.29, 0.717) is 0 Å². The number of aromatic nitrogens is 1. The normalized spacial score (nSPS) is 10.9. The number of nitrogens with zero attached hydrogens (tertiary/aromatic N) is 1. The van der Waals surface area contributed by atoms with Crippen molar-refractivity contribution in [2.45, 2.75) is 19.8 Å². The highest BCUT2D eigenvalue weighted by Gasteiger charge is 2.22. The van der Waals surface area contributed by atoms with Crippen LogP contribution in [0, 0.1) is 23.5 Å². The van der Waals surface area contributed by atoms with Crippen molar-refractivity contribution < 1.29 is 22.3 Å². The van der Waals surface area contributed by atoms with Gasteiger partial charge >= 0.3 is 0 Å². The Hall–Kier alpha value is -2.11. The number of hydrogen-bond acceptors (Lipinski definition) is 2. The average molecular weight is 285 g/mol. The molecule has 0 unspecified atom stereocenters. The molecule has 2 aromatic rings. The average Bonchev–Trinajstić information content (AvgIpc) is 2.42. The molecule has 0 bridgehead atoms. The molecule has 0 N–H and O–H groups in total. The lowest BCUT2D eigenvalue weighted by Crippen LogP contribution is -2.03. The molecular formula is C14H11F4NO. The van der Waals surface area contributed by atoms with E-state index in [2.05, 4.69) is 4.98 Å². The van der Waals surface area contributed by atoms with Gasteiger partial charge in [-0.1, -0.05) is 26.0 Å². The zero-order chi connectivity index (χ0) is 14.9. The van der Waals surface area contributed by atoms with Gasteiger partial charge < -0.3 is 4.74 Å². The van der Waals surface area contributed by atoms with Gasteiger partial charge in [0.1, 0.15) is 5.75 Å². The first kappa shape index (κ1) is 14.3. The van der Waals surface area contributed by atoms with Gasteiger partial charge in [0, 0.05) is 0 Å². The van der Waals surface area contributed by atoms with Gasteiger partial charge in [-0.05, 0) is 23.6 Å². The zero-order valence-corrected chi connectivity index (χ0v) is 10.8. The van der Waals surface area contributed by atoms with Crippen LogP contribution in [-0.2, 0) is 0 Å². The van der Waals surface area contributed by atoms with Crippen LogP contribution in [0.25, 0.3) is 0 Å². The van der Waals surface area contributed by atoms with Crippen molar-refractivity contribution in [3.8, 4) is 11.5 Å². The first-order chi connectivity index (χ1) is 9.40. The van der Waals surface area contributed by atoms with Crippen molar-refractivity contribution in [1.82, 2.24) is 4.98 Å². The lowest BCUT2D eigenvalue weighted by Gasteiger charge is -2.11. The van der Waals surface area contributed by atoms with Gasteiger partial charge in [-0.15, -0.1) is 0 Å². The topological polar surface area (TPSA) is 22.1 Å². The van der Waals surface area contributed by atoms with E-state index in [1.54, 1.807) is 18.2 Å². The Kier molecular flexibility index (Phi) is 3.92. The largest absolute Gasteiger partial charge is 0.451 e. The van der Waals surface area contributed by atoms with Crippen LogP contribution in [0.15, 0.2) is 24.3 Å². The van der Waals surface area contributed by atoms with Gasteiger partial charge in [0.25, 0.3) is 11.9 Å². The maximum absolute atomic E-state index is 13.4. The van der Waals surface area contributed by atoms with E-state index in [0.717, 1.165) is 5.56 Å². The molecule has 0 aliphatic carbocycles. The summed E-state index contributed by atoms with van der Waals surface area (Å²) in [5.41, 5.74) is 0.860. The third-order valence-electron chi connectivity index (χ3n) is 2.70. The molecule has 0 atom stereocenters. The van der Waals surface area contributed by atoms with E-state index in [4.69, 9.17) is 4.74 Å². The molecule has 0 spiro atoms. The number of hydrogen-bond donors (Lipinski definition) is 0. The van der Waals surface area contributed by atoms with Gasteiger partial charge in [0.2, 0.25) is 17.4 Å². The fourth-order valence-electron chi connectivity index (χ4n) is 1.61. The molecule has 0 saturated heterocycles. The summed E-state index contributed by atoms with van der Waals surface area (Å²) in [6, 6.07) is 6.40. The molecule has 0 radical (unpaired) electrons. The van der Waals surface area contributed by atoms with Crippen LogP contribution in [0.1, 0.15) is 25.3 Å². The summed E-state index contributed by atoms with van der Waals surface area (Å²) < 4.78 is 57.7. The van der Waals surface area contributed by atoms with Crippen LogP contribution in [0.2, 0.25) is 0 Å². The van der Waals surface area contributed by atoms with E-state index in [1.807, 2.05) is 13.8 Å². The number of benzene rings is 1. The van der Waals surface area contributed by atoms with Gasteiger partial charge in [-0.3, -0.25) is 0 Å². The Labute approximate surface area is 113 Å². The first-order valence-corrected chi connectivity index (χ1v) is 5.88. The number of halogens is 4. The third-order valence-corrected chi connectivity index (χ3v) is 2.70. The maximum Gasteiger partial charge on any atom is 0.255 e. The van der Waals surface area contributed by atoms with E-state index in [-0.39, 0.29) is 11.7 Å². The van der Waals surface area contributed by atoms with Crippen LogP contribution in [0.5, 0.6) is 11.5 Å². The van der Waals surface area contributed by atoms with Gasteiger partial charge in [0.05, 0.1) is 0 Å². The standard InChI is InChI=1S/C14H11F4NO/c1-7(2)8-4-3-5-9(6-8)20-12-10(15)13(17)19-14(18)11(12)16/h3-7H,1-2H3. The summed E-state index contributed by atoms with van der Waals surface area (Å²) in [4.78, 5) is 2.46. The summed E-state index contributed by atoms with van der Waals surface area (Å²) in [6.07, 6.45) is 0. The summed E-state index contributed by atoms with van der Waals surface area (Å²) in [7, 11) is 0. The third kappa shape index (κ3) is 2.74. The lowest BCUT2D eigenvalue weighted by molar-refractivity contribution is 0.343. The predicted octanol–water partition coefficient (Wildman–Crippen LogP) is 4.55. The summed E-state index contributed by atoms with van der Waals surface area (Å²) in [5.74, 6) is -7.73. The Morgan fingerprint density at radius 2 is 1.60 bits per heavy atom. The quantitative estimate of drug-likeness (QED) is 0.609. The SMILES string of the molecule is CC(C)c1cccc(Oc2c(F)c(F)nc(F)c2F)c1. The van der Waals surface area contributed by atoms with Crippen LogP contribution < -0.4 is 4.74 Å². The number of ether oxygens (including phenoxy) is 1. The molecule has 20 heavy (non-hydrogen) atoms. The van der Waals surface area contributed by atoms with Gasteiger partial charge in [-0.2, -0.15) is 22.5 Å². The fraction of sp³-hybridized carbons (Fsp3) is 0.214. The molecule has 0 aliphatic heterocycles. The summed E-state index contributed by atoms with van der Waals surface area (Å²) >= 11 is 0. The smallest absolute Gasteiger partial charge is 0.255 e. The molecule has 0 amide bonds. The highest BCUT2D eigenvalue weighted by molar-refractivity contribution is 5.35. The van der Waals surface area contributed by atoms with E-state index in [9.17, 15) is 17.6 Å². The molecule has 1 aromatic carbocycles. The molecule has 2 rings (SSSR count).